The molecule has 0 unspecified atom stereocenters. The van der Waals surface area contributed by atoms with E-state index >= 15 is 0 Å². The van der Waals surface area contributed by atoms with Gasteiger partial charge in [-0.3, -0.25) is 4.79 Å². The lowest BCUT2D eigenvalue weighted by atomic mass is 10.3. The first-order valence-corrected chi connectivity index (χ1v) is 11.0. The highest BCUT2D eigenvalue weighted by Crippen LogP contribution is 2.21. The molecule has 1 aromatic carbocycles. The van der Waals surface area contributed by atoms with Gasteiger partial charge in [-0.1, -0.05) is 5.21 Å². The number of sulfonamides is 1. The number of amides is 1. The number of hydrogen-bond donors (Lipinski definition) is 1. The first kappa shape index (κ1) is 20.7. The smallest absolute Gasteiger partial charge is 0.243 e. The molecular formula is C18H28N6O3S. The van der Waals surface area contributed by atoms with Crippen LogP contribution in [0, 0.1) is 0 Å². The summed E-state index contributed by atoms with van der Waals surface area (Å²) in [7, 11) is -2.38. The molecule has 0 bridgehead atoms. The molecular weight excluding hydrogens is 380 g/mol. The minimum atomic E-state index is -3.79. The molecule has 0 saturated carbocycles. The molecule has 28 heavy (non-hydrogen) atoms. The van der Waals surface area contributed by atoms with E-state index in [-0.39, 0.29) is 23.4 Å². The van der Waals surface area contributed by atoms with Crippen LogP contribution in [0.5, 0.6) is 0 Å². The maximum atomic E-state index is 12.8. The highest BCUT2D eigenvalue weighted by molar-refractivity contribution is 7.89. The fourth-order valence-electron chi connectivity index (χ4n) is 3.35. The fourth-order valence-corrected chi connectivity index (χ4v) is 4.49. The van der Waals surface area contributed by atoms with E-state index in [4.69, 9.17) is 0 Å². The zero-order valence-electron chi connectivity index (χ0n) is 16.6. The molecule has 2 aromatic rings. The monoisotopic (exact) mass is 408 g/mol. The molecule has 1 N–H and O–H groups in total. The summed E-state index contributed by atoms with van der Waals surface area (Å²) in [6.45, 7) is 7.19. The number of aromatic nitrogens is 3. The molecule has 1 aliphatic heterocycles. The van der Waals surface area contributed by atoms with Gasteiger partial charge in [0.1, 0.15) is 5.52 Å². The second-order valence-electron chi connectivity index (χ2n) is 7.44. The summed E-state index contributed by atoms with van der Waals surface area (Å²) < 4.78 is 28.4. The summed E-state index contributed by atoms with van der Waals surface area (Å²) in [5, 5.41) is 10.9. The third-order valence-electron chi connectivity index (χ3n) is 4.95. The minimum Gasteiger partial charge on any atom is -0.354 e. The normalized spacial score (nSPS) is 15.8. The summed E-state index contributed by atoms with van der Waals surface area (Å²) in [6, 6.07) is 4.85. The third-order valence-corrected chi connectivity index (χ3v) is 6.75. The Morgan fingerprint density at radius 2 is 2.00 bits per heavy atom. The predicted octanol–water partition coefficient (Wildman–Crippen LogP) is 0.845. The lowest BCUT2D eigenvalue weighted by molar-refractivity contribution is -0.121. The van der Waals surface area contributed by atoms with Crippen molar-refractivity contribution in [3.8, 4) is 0 Å². The van der Waals surface area contributed by atoms with Gasteiger partial charge < -0.3 is 10.2 Å². The molecule has 2 heterocycles. The zero-order valence-corrected chi connectivity index (χ0v) is 17.4. The van der Waals surface area contributed by atoms with Gasteiger partial charge in [0.25, 0.3) is 0 Å². The highest BCUT2D eigenvalue weighted by Gasteiger charge is 2.24. The first-order chi connectivity index (χ1) is 13.3. The average Bonchev–Trinajstić information content (AvgIpc) is 3.30. The van der Waals surface area contributed by atoms with Gasteiger partial charge in [-0.25, -0.2) is 13.1 Å². The molecule has 1 fully saturated rings. The van der Waals surface area contributed by atoms with Gasteiger partial charge >= 0.3 is 0 Å². The van der Waals surface area contributed by atoms with Crippen LogP contribution in [0.15, 0.2) is 23.1 Å². The quantitative estimate of drug-likeness (QED) is 0.695. The van der Waals surface area contributed by atoms with Crippen LogP contribution in [0.2, 0.25) is 0 Å². The van der Waals surface area contributed by atoms with E-state index in [9.17, 15) is 13.2 Å². The van der Waals surface area contributed by atoms with Gasteiger partial charge in [-0.15, -0.1) is 5.10 Å². The Morgan fingerprint density at radius 3 is 2.68 bits per heavy atom. The van der Waals surface area contributed by atoms with Crippen molar-refractivity contribution in [3.05, 3.63) is 18.2 Å². The van der Waals surface area contributed by atoms with E-state index in [1.807, 2.05) is 13.8 Å². The van der Waals surface area contributed by atoms with Crippen LogP contribution in [0.1, 0.15) is 32.7 Å². The van der Waals surface area contributed by atoms with E-state index in [1.165, 1.54) is 32.0 Å². The lowest BCUT2D eigenvalue weighted by Gasteiger charge is -2.18. The minimum absolute atomic E-state index is 0.100. The number of likely N-dealkylation sites (tertiary alicyclic amines) is 1. The Kier molecular flexibility index (Phi) is 6.31. The molecule has 3 rings (SSSR count). The highest BCUT2D eigenvalue weighted by atomic mass is 32.2. The zero-order chi connectivity index (χ0) is 20.3. The Labute approximate surface area is 165 Å². The van der Waals surface area contributed by atoms with E-state index in [0.717, 1.165) is 29.5 Å². The summed E-state index contributed by atoms with van der Waals surface area (Å²) >= 11 is 0. The molecule has 9 nitrogen and oxygen atoms in total. The number of hydrogen-bond acceptors (Lipinski definition) is 6. The number of fused-ring (bicyclic) bond motifs is 1. The number of rotatable bonds is 8. The largest absolute Gasteiger partial charge is 0.354 e. The second kappa shape index (κ2) is 8.54. The van der Waals surface area contributed by atoms with Crippen LogP contribution >= 0.6 is 0 Å². The van der Waals surface area contributed by atoms with Crippen LogP contribution in [0.3, 0.4) is 0 Å². The molecule has 1 amide bonds. The molecule has 0 aliphatic carbocycles. The van der Waals surface area contributed by atoms with Gasteiger partial charge in [0.2, 0.25) is 15.9 Å². The molecule has 10 heteroatoms. The van der Waals surface area contributed by atoms with E-state index in [2.05, 4.69) is 20.5 Å². The molecule has 0 atom stereocenters. The Bertz CT molecular complexity index is 934. The second-order valence-corrected chi connectivity index (χ2v) is 9.48. The summed E-state index contributed by atoms with van der Waals surface area (Å²) in [4.78, 5) is 14.5. The van der Waals surface area contributed by atoms with Crippen molar-refractivity contribution in [2.24, 2.45) is 0 Å². The summed E-state index contributed by atoms with van der Waals surface area (Å²) in [5.74, 6) is -0.308. The van der Waals surface area contributed by atoms with Gasteiger partial charge in [-0.05, 0) is 58.0 Å². The van der Waals surface area contributed by atoms with Gasteiger partial charge in [0.05, 0.1) is 17.0 Å². The van der Waals surface area contributed by atoms with E-state index in [0.29, 0.717) is 12.1 Å². The summed E-state index contributed by atoms with van der Waals surface area (Å²) in [6.07, 6.45) is 2.40. The standard InChI is InChI=1S/C18H28N6O3S/c1-14(2)24-17-7-6-15(12-16(17)20-21-24)28(26,27)22(3)13-18(25)19-8-11-23-9-4-5-10-23/h6-7,12,14H,4-5,8-11,13H2,1-3H3,(H,19,25). The van der Waals surface area contributed by atoms with Gasteiger partial charge in [-0.2, -0.15) is 4.31 Å². The van der Waals surface area contributed by atoms with Crippen molar-refractivity contribution in [2.75, 3.05) is 39.8 Å². The van der Waals surface area contributed by atoms with Gasteiger partial charge in [0.15, 0.2) is 0 Å². The number of carbonyl (C=O) groups excluding carboxylic acids is 1. The topological polar surface area (TPSA) is 100 Å². The molecule has 154 valence electrons. The first-order valence-electron chi connectivity index (χ1n) is 9.59. The predicted molar refractivity (Wildman–Crippen MR) is 106 cm³/mol. The van der Waals surface area contributed by atoms with Crippen molar-refractivity contribution < 1.29 is 13.2 Å². The molecule has 1 saturated heterocycles. The van der Waals surface area contributed by atoms with Crippen molar-refractivity contribution >= 4 is 27.0 Å². The van der Waals surface area contributed by atoms with Crippen LogP contribution in [0.4, 0.5) is 0 Å². The van der Waals surface area contributed by atoms with Crippen molar-refractivity contribution in [2.45, 2.75) is 37.6 Å². The van der Waals surface area contributed by atoms with Crippen molar-refractivity contribution in [1.29, 1.82) is 0 Å². The van der Waals surface area contributed by atoms with Crippen LogP contribution < -0.4 is 5.32 Å². The van der Waals surface area contributed by atoms with E-state index < -0.39 is 10.0 Å². The van der Waals surface area contributed by atoms with Crippen molar-refractivity contribution in [1.82, 2.24) is 29.5 Å². The van der Waals surface area contributed by atoms with Crippen LogP contribution in [-0.4, -0.2) is 78.3 Å². The van der Waals surface area contributed by atoms with Gasteiger partial charge in [0, 0.05) is 26.2 Å². The number of nitrogens with zero attached hydrogens (tertiary/aromatic N) is 5. The number of nitrogens with one attached hydrogen (secondary N) is 1. The van der Waals surface area contributed by atoms with Crippen LogP contribution in [0.25, 0.3) is 11.0 Å². The molecule has 0 radical (unpaired) electrons. The molecule has 1 aromatic heterocycles. The Morgan fingerprint density at radius 1 is 1.29 bits per heavy atom. The number of carbonyl (C=O) groups is 1. The number of benzene rings is 1. The summed E-state index contributed by atoms with van der Waals surface area (Å²) in [5.41, 5.74) is 1.29. The maximum absolute atomic E-state index is 12.8. The number of likely N-dealkylation sites (N-methyl/N-ethyl adjacent to an activating group) is 1. The average molecular weight is 409 g/mol. The van der Waals surface area contributed by atoms with Crippen molar-refractivity contribution in [3.63, 3.8) is 0 Å². The van der Waals surface area contributed by atoms with E-state index in [1.54, 1.807) is 10.7 Å². The maximum Gasteiger partial charge on any atom is 0.243 e. The molecule has 0 spiro atoms. The fraction of sp³-hybridized carbons (Fsp3) is 0.611. The third kappa shape index (κ3) is 4.50. The lowest BCUT2D eigenvalue weighted by Crippen LogP contribution is -2.40. The SMILES string of the molecule is CC(C)n1nnc2cc(S(=O)(=O)N(C)CC(=O)NCCN3CCCC3)ccc21. The molecule has 1 aliphatic rings. The Hall–Kier alpha value is -2.04. The van der Waals surface area contributed by atoms with Crippen LogP contribution in [-0.2, 0) is 14.8 Å². The Balaban J connectivity index is 1.62.